The highest BCUT2D eigenvalue weighted by atomic mass is 35.5. The Hall–Kier alpha value is -3.92. The van der Waals surface area contributed by atoms with Crippen molar-refractivity contribution in [3.63, 3.8) is 0 Å². The van der Waals surface area contributed by atoms with E-state index in [1.165, 1.54) is 10.7 Å². The number of rotatable bonds is 6. The number of anilines is 2. The van der Waals surface area contributed by atoms with E-state index in [1.54, 1.807) is 35.4 Å². The van der Waals surface area contributed by atoms with Crippen LogP contribution in [0, 0.1) is 10.1 Å². The summed E-state index contributed by atoms with van der Waals surface area (Å²) in [6.45, 7) is 1.66. The third-order valence-electron chi connectivity index (χ3n) is 6.19. The predicted molar refractivity (Wildman–Crippen MR) is 133 cm³/mol. The van der Waals surface area contributed by atoms with Gasteiger partial charge in [-0.3, -0.25) is 19.7 Å². The topological polar surface area (TPSA) is 114 Å². The van der Waals surface area contributed by atoms with Crippen LogP contribution in [0.4, 0.5) is 17.1 Å². The highest BCUT2D eigenvalue weighted by Crippen LogP contribution is 2.32. The van der Waals surface area contributed by atoms with Gasteiger partial charge in [0.2, 0.25) is 0 Å². The number of nitro groups is 1. The number of nitrogens with zero attached hydrogens (tertiary/aromatic N) is 5. The van der Waals surface area contributed by atoms with Crippen molar-refractivity contribution in [1.82, 2.24) is 14.7 Å². The molecule has 5 rings (SSSR count). The van der Waals surface area contributed by atoms with Crippen LogP contribution in [0.5, 0.6) is 0 Å². The summed E-state index contributed by atoms with van der Waals surface area (Å²) in [5.74, 6) is -0.269. The average Bonchev–Trinajstić information content (AvgIpc) is 3.70. The number of aromatic nitrogens is 2. The molecule has 0 spiro atoms. The predicted octanol–water partition coefficient (Wildman–Crippen LogP) is 3.33. The molecule has 1 aliphatic heterocycles. The van der Waals surface area contributed by atoms with Gasteiger partial charge in [-0.2, -0.15) is 9.78 Å². The van der Waals surface area contributed by atoms with Crippen LogP contribution in [0.3, 0.4) is 0 Å². The van der Waals surface area contributed by atoms with Crippen molar-refractivity contribution in [3.8, 4) is 5.69 Å². The molecule has 1 aliphatic carbocycles. The van der Waals surface area contributed by atoms with Gasteiger partial charge in [-0.15, -0.1) is 0 Å². The maximum absolute atomic E-state index is 13.1. The summed E-state index contributed by atoms with van der Waals surface area (Å²) in [5.41, 5.74) is 1.33. The molecular weight excluding hydrogens is 472 g/mol. The Labute approximate surface area is 205 Å². The number of hydrogen-bond acceptors (Lipinski definition) is 7. The van der Waals surface area contributed by atoms with Crippen molar-refractivity contribution in [2.24, 2.45) is 0 Å². The van der Waals surface area contributed by atoms with E-state index >= 15 is 0 Å². The van der Waals surface area contributed by atoms with Crippen LogP contribution in [0.1, 0.15) is 23.2 Å². The van der Waals surface area contributed by atoms with Gasteiger partial charge in [-0.1, -0.05) is 29.8 Å². The second-order valence-electron chi connectivity index (χ2n) is 8.58. The lowest BCUT2D eigenvalue weighted by Gasteiger charge is -2.36. The van der Waals surface area contributed by atoms with Crippen LogP contribution in [0.2, 0.25) is 5.02 Å². The molecular formula is C24H23ClN6O4. The molecule has 0 radical (unpaired) electrons. The molecule has 2 aromatic carbocycles. The molecule has 1 saturated carbocycles. The summed E-state index contributed by atoms with van der Waals surface area (Å²) < 4.78 is 1.25. The molecule has 1 amide bonds. The van der Waals surface area contributed by atoms with Gasteiger partial charge in [0.05, 0.1) is 22.5 Å². The zero-order chi connectivity index (χ0) is 24.5. The fourth-order valence-corrected chi connectivity index (χ4v) is 4.36. The van der Waals surface area contributed by atoms with Crippen molar-refractivity contribution < 1.29 is 9.72 Å². The molecule has 2 aliphatic rings. The largest absolute Gasteiger partial charge is 0.377 e. The van der Waals surface area contributed by atoms with E-state index in [1.807, 2.05) is 23.1 Å². The van der Waals surface area contributed by atoms with Crippen LogP contribution in [0.25, 0.3) is 5.69 Å². The Morgan fingerprint density at radius 3 is 2.46 bits per heavy atom. The van der Waals surface area contributed by atoms with Crippen LogP contribution in [-0.4, -0.2) is 57.7 Å². The third kappa shape index (κ3) is 4.69. The van der Waals surface area contributed by atoms with Crippen molar-refractivity contribution in [3.05, 3.63) is 85.8 Å². The second-order valence-corrected chi connectivity index (χ2v) is 8.96. The van der Waals surface area contributed by atoms with E-state index in [4.69, 9.17) is 11.6 Å². The number of amides is 1. The average molecular weight is 495 g/mol. The molecule has 2 heterocycles. The van der Waals surface area contributed by atoms with Gasteiger partial charge >= 0.3 is 0 Å². The molecule has 180 valence electrons. The highest BCUT2D eigenvalue weighted by Gasteiger charge is 2.28. The number of nitrogens with one attached hydrogen (secondary N) is 1. The molecule has 1 N–H and O–H groups in total. The number of piperazine rings is 1. The lowest BCUT2D eigenvalue weighted by molar-refractivity contribution is -0.384. The van der Waals surface area contributed by atoms with E-state index < -0.39 is 10.5 Å². The van der Waals surface area contributed by atoms with E-state index in [9.17, 15) is 19.7 Å². The fourth-order valence-electron chi connectivity index (χ4n) is 4.12. The highest BCUT2D eigenvalue weighted by molar-refractivity contribution is 6.33. The lowest BCUT2D eigenvalue weighted by atomic mass is 10.1. The van der Waals surface area contributed by atoms with E-state index in [0.717, 1.165) is 12.8 Å². The summed E-state index contributed by atoms with van der Waals surface area (Å²) in [7, 11) is 0. The van der Waals surface area contributed by atoms with Crippen molar-refractivity contribution in [1.29, 1.82) is 0 Å². The summed E-state index contributed by atoms with van der Waals surface area (Å²) in [4.78, 5) is 40.5. The summed E-state index contributed by atoms with van der Waals surface area (Å²) in [6.07, 6.45) is 3.54. The van der Waals surface area contributed by atoms with Crippen LogP contribution >= 0.6 is 11.6 Å². The molecule has 2 fully saturated rings. The van der Waals surface area contributed by atoms with Crippen molar-refractivity contribution in [2.75, 3.05) is 36.4 Å². The van der Waals surface area contributed by atoms with Crippen molar-refractivity contribution >= 4 is 34.6 Å². The number of hydrogen-bond donors (Lipinski definition) is 1. The first-order valence-electron chi connectivity index (χ1n) is 11.3. The molecule has 0 unspecified atom stereocenters. The van der Waals surface area contributed by atoms with Gasteiger partial charge in [0.25, 0.3) is 17.2 Å². The number of halogens is 1. The van der Waals surface area contributed by atoms with Gasteiger partial charge in [-0.05, 0) is 37.1 Å². The maximum atomic E-state index is 13.1. The summed E-state index contributed by atoms with van der Waals surface area (Å²) in [5, 5.41) is 19.0. The van der Waals surface area contributed by atoms with Gasteiger partial charge in [0.1, 0.15) is 10.7 Å². The lowest BCUT2D eigenvalue weighted by Crippen LogP contribution is -2.49. The maximum Gasteiger partial charge on any atom is 0.293 e. The number of benzene rings is 2. The minimum atomic E-state index is -0.466. The molecule has 11 heteroatoms. The Kier molecular flexibility index (Phi) is 6.12. The smallest absolute Gasteiger partial charge is 0.293 e. The number of nitro benzene ring substituents is 1. The van der Waals surface area contributed by atoms with E-state index in [2.05, 4.69) is 10.4 Å². The molecule has 3 aromatic rings. The zero-order valence-corrected chi connectivity index (χ0v) is 19.5. The van der Waals surface area contributed by atoms with Gasteiger partial charge < -0.3 is 15.1 Å². The third-order valence-corrected chi connectivity index (χ3v) is 6.54. The molecule has 0 atom stereocenters. The molecule has 35 heavy (non-hydrogen) atoms. The second kappa shape index (κ2) is 9.38. The Balaban J connectivity index is 1.29. The summed E-state index contributed by atoms with van der Waals surface area (Å²) >= 11 is 6.41. The quantitative estimate of drug-likeness (QED) is 0.413. The van der Waals surface area contributed by atoms with E-state index in [0.29, 0.717) is 43.2 Å². The first-order chi connectivity index (χ1) is 16.9. The molecule has 1 saturated heterocycles. The van der Waals surface area contributed by atoms with Crippen molar-refractivity contribution in [2.45, 2.75) is 18.9 Å². The Bertz CT molecular complexity index is 1330. The molecule has 1 aromatic heterocycles. The Morgan fingerprint density at radius 1 is 1.09 bits per heavy atom. The zero-order valence-electron chi connectivity index (χ0n) is 18.8. The number of carbonyl (C=O) groups excluding carboxylic acids is 1. The van der Waals surface area contributed by atoms with Crippen LogP contribution in [-0.2, 0) is 0 Å². The summed E-state index contributed by atoms with van der Waals surface area (Å²) in [6, 6.07) is 13.8. The van der Waals surface area contributed by atoms with Crippen LogP contribution in [0.15, 0.2) is 59.5 Å². The minimum Gasteiger partial charge on any atom is -0.377 e. The normalized spacial score (nSPS) is 15.7. The number of carbonyl (C=O) groups is 1. The van der Waals surface area contributed by atoms with Crippen LogP contribution < -0.4 is 15.8 Å². The monoisotopic (exact) mass is 494 g/mol. The Morgan fingerprint density at radius 2 is 1.80 bits per heavy atom. The first-order valence-corrected chi connectivity index (χ1v) is 11.7. The van der Waals surface area contributed by atoms with Gasteiger partial charge in [0, 0.05) is 43.9 Å². The minimum absolute atomic E-state index is 0.0676. The van der Waals surface area contributed by atoms with Gasteiger partial charge in [0.15, 0.2) is 0 Å². The van der Waals surface area contributed by atoms with Gasteiger partial charge in [-0.25, -0.2) is 0 Å². The molecule has 10 nitrogen and oxygen atoms in total. The number of para-hydroxylation sites is 1. The fraction of sp³-hybridized carbons (Fsp3) is 0.292. The van der Waals surface area contributed by atoms with E-state index in [-0.39, 0.29) is 28.2 Å². The standard InChI is InChI=1S/C24H23ClN6O4/c25-22-21(15-26-30(24(22)33)18-4-2-1-3-5-18)28-10-12-29(13-11-28)23(32)16-6-9-19(27-17-7-8-17)20(14-16)31(34)35/h1-6,9,14-15,17,27H,7-8,10-13H2. The SMILES string of the molecule is O=C(c1ccc(NC2CC2)c([N+](=O)[O-])c1)N1CCN(c2cnn(-c3ccccc3)c(=O)c2Cl)CC1. The molecule has 0 bridgehead atoms. The first kappa shape index (κ1) is 22.9.